The van der Waals surface area contributed by atoms with E-state index < -0.39 is 0 Å². The minimum Gasteiger partial charge on any atom is -0.354 e. The number of rotatable bonds is 1. The second kappa shape index (κ2) is 4.74. The van der Waals surface area contributed by atoms with Crippen LogP contribution in [0.4, 0.5) is 5.82 Å². The summed E-state index contributed by atoms with van der Waals surface area (Å²) in [5, 5.41) is 0. The summed E-state index contributed by atoms with van der Waals surface area (Å²) in [6.45, 7) is 7.80. The summed E-state index contributed by atoms with van der Waals surface area (Å²) in [5.74, 6) is 1.90. The molecule has 0 spiro atoms. The lowest BCUT2D eigenvalue weighted by Gasteiger charge is -2.37. The molecule has 0 aromatic carbocycles. The van der Waals surface area contributed by atoms with Gasteiger partial charge in [0, 0.05) is 17.1 Å². The van der Waals surface area contributed by atoms with Crippen LogP contribution in [0.25, 0.3) is 0 Å². The van der Waals surface area contributed by atoms with Crippen molar-refractivity contribution >= 4 is 21.7 Å². The van der Waals surface area contributed by atoms with Gasteiger partial charge in [-0.2, -0.15) is 0 Å². The Balaban J connectivity index is 2.24. The maximum Gasteiger partial charge on any atom is 0.129 e. The van der Waals surface area contributed by atoms with Crippen LogP contribution in [0.3, 0.4) is 0 Å². The van der Waals surface area contributed by atoms with Crippen LogP contribution in [-0.2, 0) is 0 Å². The summed E-state index contributed by atoms with van der Waals surface area (Å²) in [4.78, 5) is 7.10. The van der Waals surface area contributed by atoms with E-state index in [4.69, 9.17) is 0 Å². The molecule has 1 saturated heterocycles. The van der Waals surface area contributed by atoms with Gasteiger partial charge in [0.15, 0.2) is 0 Å². The molecule has 0 N–H and O–H groups in total. The van der Waals surface area contributed by atoms with E-state index in [9.17, 15) is 0 Å². The number of aromatic nitrogens is 1. The lowest BCUT2D eigenvalue weighted by Crippen LogP contribution is -2.41. The van der Waals surface area contributed by atoms with Crippen LogP contribution in [0.5, 0.6) is 0 Å². The number of piperidine rings is 1. The summed E-state index contributed by atoms with van der Waals surface area (Å²) in [6, 6.07) is 4.83. The van der Waals surface area contributed by atoms with Crippen molar-refractivity contribution in [1.29, 1.82) is 0 Å². The molecule has 2 rings (SSSR count). The minimum absolute atomic E-state index is 0.615. The molecule has 2 heterocycles. The van der Waals surface area contributed by atoms with Crippen molar-refractivity contribution in [3.05, 3.63) is 22.3 Å². The number of halogens is 1. The van der Waals surface area contributed by atoms with Crippen molar-refractivity contribution in [1.82, 2.24) is 4.98 Å². The highest BCUT2D eigenvalue weighted by Crippen LogP contribution is 2.27. The Labute approximate surface area is 106 Å². The second-order valence-electron chi connectivity index (χ2n) is 4.92. The predicted molar refractivity (Wildman–Crippen MR) is 71.9 cm³/mol. The number of hydrogen-bond donors (Lipinski definition) is 0. The lowest BCUT2D eigenvalue weighted by molar-refractivity contribution is 0.388. The zero-order valence-corrected chi connectivity index (χ0v) is 11.8. The molecule has 1 aliphatic heterocycles. The normalized spacial score (nSPS) is 25.9. The maximum atomic E-state index is 4.66. The molecular formula is C13H19BrN2. The molecule has 2 unspecified atom stereocenters. The van der Waals surface area contributed by atoms with Crippen LogP contribution >= 0.6 is 15.9 Å². The standard InChI is InChI=1S/C13H19BrN2/c1-9-4-5-10(2)16(8-9)13-7-6-12(14)11(3)15-13/h6-7,9-10H,4-5,8H2,1-3H3. The Morgan fingerprint density at radius 2 is 2.06 bits per heavy atom. The van der Waals surface area contributed by atoms with Crippen LogP contribution in [0.2, 0.25) is 0 Å². The molecule has 1 aromatic heterocycles. The molecule has 3 heteroatoms. The predicted octanol–water partition coefficient (Wildman–Crippen LogP) is 3.78. The lowest BCUT2D eigenvalue weighted by atomic mass is 9.95. The molecule has 0 saturated carbocycles. The van der Waals surface area contributed by atoms with E-state index in [0.29, 0.717) is 6.04 Å². The summed E-state index contributed by atoms with van der Waals surface area (Å²) < 4.78 is 1.09. The van der Waals surface area contributed by atoms with Crippen molar-refractivity contribution in [2.75, 3.05) is 11.4 Å². The summed E-state index contributed by atoms with van der Waals surface area (Å²) >= 11 is 3.50. The Hall–Kier alpha value is -0.570. The molecule has 1 fully saturated rings. The third kappa shape index (κ3) is 2.40. The minimum atomic E-state index is 0.615. The van der Waals surface area contributed by atoms with Crippen molar-refractivity contribution in [3.8, 4) is 0 Å². The zero-order valence-electron chi connectivity index (χ0n) is 10.2. The van der Waals surface area contributed by atoms with E-state index in [1.807, 2.05) is 6.92 Å². The van der Waals surface area contributed by atoms with E-state index in [1.165, 1.54) is 12.8 Å². The SMILES string of the molecule is Cc1nc(N2CC(C)CCC2C)ccc1Br. The summed E-state index contributed by atoms with van der Waals surface area (Å²) in [5.41, 5.74) is 1.07. The Kier molecular flexibility index (Phi) is 3.53. The fourth-order valence-corrected chi connectivity index (χ4v) is 2.52. The second-order valence-corrected chi connectivity index (χ2v) is 5.77. The number of hydrogen-bond acceptors (Lipinski definition) is 2. The highest BCUT2D eigenvalue weighted by Gasteiger charge is 2.23. The van der Waals surface area contributed by atoms with Gasteiger partial charge in [0.05, 0.1) is 5.69 Å². The third-order valence-electron chi connectivity index (χ3n) is 3.42. The monoisotopic (exact) mass is 282 g/mol. The molecule has 0 bridgehead atoms. The molecule has 2 nitrogen and oxygen atoms in total. The molecule has 0 radical (unpaired) electrons. The maximum absolute atomic E-state index is 4.66. The Morgan fingerprint density at radius 3 is 2.75 bits per heavy atom. The van der Waals surface area contributed by atoms with E-state index in [0.717, 1.165) is 28.4 Å². The average molecular weight is 283 g/mol. The third-order valence-corrected chi connectivity index (χ3v) is 4.26. The van der Waals surface area contributed by atoms with Gasteiger partial charge in [-0.15, -0.1) is 0 Å². The first kappa shape index (κ1) is 11.9. The van der Waals surface area contributed by atoms with Gasteiger partial charge in [-0.25, -0.2) is 4.98 Å². The van der Waals surface area contributed by atoms with Gasteiger partial charge >= 0.3 is 0 Å². The fourth-order valence-electron chi connectivity index (χ4n) is 2.30. The molecule has 1 aromatic rings. The van der Waals surface area contributed by atoms with Crippen LogP contribution in [0.15, 0.2) is 16.6 Å². The van der Waals surface area contributed by atoms with E-state index >= 15 is 0 Å². The molecule has 0 amide bonds. The van der Waals surface area contributed by atoms with Gasteiger partial charge in [-0.05, 0) is 60.7 Å². The summed E-state index contributed by atoms with van der Waals surface area (Å²) in [6.07, 6.45) is 2.62. The number of anilines is 1. The number of aryl methyl sites for hydroxylation is 1. The van der Waals surface area contributed by atoms with Crippen molar-refractivity contribution in [2.24, 2.45) is 5.92 Å². The van der Waals surface area contributed by atoms with E-state index in [2.05, 4.69) is 51.8 Å². The van der Waals surface area contributed by atoms with Crippen molar-refractivity contribution < 1.29 is 0 Å². The van der Waals surface area contributed by atoms with Gasteiger partial charge in [0.25, 0.3) is 0 Å². The highest BCUT2D eigenvalue weighted by molar-refractivity contribution is 9.10. The van der Waals surface area contributed by atoms with Crippen molar-refractivity contribution in [2.45, 2.75) is 39.7 Å². The van der Waals surface area contributed by atoms with Crippen LogP contribution in [0.1, 0.15) is 32.4 Å². The Bertz CT molecular complexity index is 378. The summed E-state index contributed by atoms with van der Waals surface area (Å²) in [7, 11) is 0. The molecular weight excluding hydrogens is 264 g/mol. The zero-order chi connectivity index (χ0) is 11.7. The smallest absolute Gasteiger partial charge is 0.129 e. The first-order chi connectivity index (χ1) is 7.58. The largest absolute Gasteiger partial charge is 0.354 e. The van der Waals surface area contributed by atoms with Gasteiger partial charge in [-0.1, -0.05) is 6.92 Å². The average Bonchev–Trinajstić information content (AvgIpc) is 2.26. The van der Waals surface area contributed by atoms with Gasteiger partial charge < -0.3 is 4.90 Å². The molecule has 0 aliphatic carbocycles. The van der Waals surface area contributed by atoms with E-state index in [-0.39, 0.29) is 0 Å². The number of nitrogens with zero attached hydrogens (tertiary/aromatic N) is 2. The highest BCUT2D eigenvalue weighted by atomic mass is 79.9. The van der Waals surface area contributed by atoms with Crippen LogP contribution in [0, 0.1) is 12.8 Å². The molecule has 2 atom stereocenters. The van der Waals surface area contributed by atoms with Crippen molar-refractivity contribution in [3.63, 3.8) is 0 Å². The first-order valence-electron chi connectivity index (χ1n) is 5.97. The topological polar surface area (TPSA) is 16.1 Å². The first-order valence-corrected chi connectivity index (χ1v) is 6.77. The molecule has 1 aliphatic rings. The van der Waals surface area contributed by atoms with E-state index in [1.54, 1.807) is 0 Å². The van der Waals surface area contributed by atoms with Gasteiger partial charge in [-0.3, -0.25) is 0 Å². The van der Waals surface area contributed by atoms with Crippen LogP contribution in [-0.4, -0.2) is 17.6 Å². The molecule has 16 heavy (non-hydrogen) atoms. The van der Waals surface area contributed by atoms with Crippen LogP contribution < -0.4 is 4.90 Å². The van der Waals surface area contributed by atoms with Gasteiger partial charge in [0.2, 0.25) is 0 Å². The van der Waals surface area contributed by atoms with Gasteiger partial charge in [0.1, 0.15) is 5.82 Å². The quantitative estimate of drug-likeness (QED) is 0.779. The fraction of sp³-hybridized carbons (Fsp3) is 0.615. The molecule has 88 valence electrons. The Morgan fingerprint density at radius 1 is 1.31 bits per heavy atom. The number of pyridine rings is 1.